The molecule has 0 bridgehead atoms. The van der Waals surface area contributed by atoms with Crippen LogP contribution < -0.4 is 4.72 Å². The Morgan fingerprint density at radius 1 is 1.40 bits per heavy atom. The molecule has 1 heterocycles. The molecule has 0 radical (unpaired) electrons. The molecule has 1 atom stereocenters. The second-order valence-electron chi connectivity index (χ2n) is 4.87. The molecule has 0 aliphatic carbocycles. The van der Waals surface area contributed by atoms with Crippen molar-refractivity contribution in [1.82, 2.24) is 9.29 Å². The zero-order chi connectivity index (χ0) is 15.3. The van der Waals surface area contributed by atoms with Crippen molar-refractivity contribution in [2.24, 2.45) is 0 Å². The molecular weight excluding hydrogens is 280 g/mol. The van der Waals surface area contributed by atoms with Crippen LogP contribution in [-0.4, -0.2) is 30.1 Å². The molecular formula is C13H22N2O4S. The van der Waals surface area contributed by atoms with Crippen molar-refractivity contribution in [1.29, 1.82) is 0 Å². The molecule has 0 amide bonds. The van der Waals surface area contributed by atoms with Crippen LogP contribution >= 0.6 is 0 Å². The lowest BCUT2D eigenvalue weighted by atomic mass is 10.2. The second-order valence-corrected chi connectivity index (χ2v) is 6.58. The Balaban J connectivity index is 3.06. The molecule has 2 N–H and O–H groups in total. The molecule has 0 saturated carbocycles. The summed E-state index contributed by atoms with van der Waals surface area (Å²) < 4.78 is 28.4. The molecule has 0 spiro atoms. The molecule has 20 heavy (non-hydrogen) atoms. The lowest BCUT2D eigenvalue weighted by molar-refractivity contribution is 0.0685. The maximum Gasteiger partial charge on any atom is 0.352 e. The average molecular weight is 302 g/mol. The van der Waals surface area contributed by atoms with E-state index in [2.05, 4.69) is 4.72 Å². The van der Waals surface area contributed by atoms with Gasteiger partial charge in [0.2, 0.25) is 10.0 Å². The van der Waals surface area contributed by atoms with Crippen molar-refractivity contribution in [3.63, 3.8) is 0 Å². The summed E-state index contributed by atoms with van der Waals surface area (Å²) in [6, 6.07) is 1.03. The van der Waals surface area contributed by atoms with Crippen LogP contribution in [-0.2, 0) is 16.6 Å². The first-order valence-electron chi connectivity index (χ1n) is 6.77. The lowest BCUT2D eigenvalue weighted by Gasteiger charge is -2.12. The predicted molar refractivity (Wildman–Crippen MR) is 76.4 cm³/mol. The van der Waals surface area contributed by atoms with E-state index < -0.39 is 16.0 Å². The van der Waals surface area contributed by atoms with E-state index in [4.69, 9.17) is 5.11 Å². The Labute approximate surface area is 119 Å². The SMILES string of the molecule is CCCC(C)NS(=O)(=O)c1cc(C(=O)O)n(CCC)c1. The van der Waals surface area contributed by atoms with Gasteiger partial charge in [0.1, 0.15) is 10.6 Å². The van der Waals surface area contributed by atoms with E-state index in [1.807, 2.05) is 13.8 Å². The number of carboxylic acid groups (broad SMARTS) is 1. The van der Waals surface area contributed by atoms with Gasteiger partial charge in [0.05, 0.1) is 0 Å². The summed E-state index contributed by atoms with van der Waals surface area (Å²) >= 11 is 0. The highest BCUT2D eigenvalue weighted by Crippen LogP contribution is 2.16. The van der Waals surface area contributed by atoms with Gasteiger partial charge >= 0.3 is 5.97 Å². The van der Waals surface area contributed by atoms with E-state index >= 15 is 0 Å². The van der Waals surface area contributed by atoms with Crippen molar-refractivity contribution in [2.45, 2.75) is 57.5 Å². The summed E-state index contributed by atoms with van der Waals surface area (Å²) in [7, 11) is -3.67. The quantitative estimate of drug-likeness (QED) is 0.769. The third-order valence-electron chi connectivity index (χ3n) is 2.94. The molecule has 1 aromatic heterocycles. The van der Waals surface area contributed by atoms with Crippen LogP contribution in [0.5, 0.6) is 0 Å². The van der Waals surface area contributed by atoms with Gasteiger partial charge in [-0.2, -0.15) is 0 Å². The van der Waals surface area contributed by atoms with E-state index in [9.17, 15) is 13.2 Å². The van der Waals surface area contributed by atoms with Gasteiger partial charge in [-0.1, -0.05) is 20.3 Å². The van der Waals surface area contributed by atoms with Crippen LogP contribution in [0, 0.1) is 0 Å². The Hall–Kier alpha value is -1.34. The van der Waals surface area contributed by atoms with Gasteiger partial charge in [-0.3, -0.25) is 0 Å². The summed E-state index contributed by atoms with van der Waals surface area (Å²) in [5.41, 5.74) is -0.00429. The molecule has 1 aromatic rings. The number of rotatable bonds is 8. The number of hydrogen-bond donors (Lipinski definition) is 2. The molecule has 7 heteroatoms. The standard InChI is InChI=1S/C13H22N2O4S/c1-4-6-10(3)14-20(18,19)11-8-12(13(16)17)15(9-11)7-5-2/h8-10,14H,4-7H2,1-3H3,(H,16,17). The van der Waals surface area contributed by atoms with Gasteiger partial charge in [-0.15, -0.1) is 0 Å². The smallest absolute Gasteiger partial charge is 0.352 e. The molecule has 0 fully saturated rings. The number of aryl methyl sites for hydroxylation is 1. The zero-order valence-corrected chi connectivity index (χ0v) is 12.9. The van der Waals surface area contributed by atoms with Crippen LogP contribution in [0.25, 0.3) is 0 Å². The fourth-order valence-electron chi connectivity index (χ4n) is 2.06. The van der Waals surface area contributed by atoms with Gasteiger partial charge in [0.25, 0.3) is 0 Å². The average Bonchev–Trinajstić information content (AvgIpc) is 2.74. The number of sulfonamides is 1. The van der Waals surface area contributed by atoms with E-state index in [1.54, 1.807) is 6.92 Å². The maximum atomic E-state index is 12.2. The molecule has 1 rings (SSSR count). The van der Waals surface area contributed by atoms with Gasteiger partial charge in [-0.05, 0) is 25.8 Å². The number of aromatic nitrogens is 1. The van der Waals surface area contributed by atoms with Crippen molar-refractivity contribution in [2.75, 3.05) is 0 Å². The normalized spacial score (nSPS) is 13.3. The minimum Gasteiger partial charge on any atom is -0.477 e. The fourth-order valence-corrected chi connectivity index (χ4v) is 3.38. The number of hydrogen-bond acceptors (Lipinski definition) is 3. The summed E-state index contributed by atoms with van der Waals surface area (Å²) in [6.45, 7) is 6.15. The minimum absolute atomic E-state index is 0.00429. The Kier molecular flexibility index (Phi) is 5.76. The predicted octanol–water partition coefficient (Wildman–Crippen LogP) is 2.06. The largest absolute Gasteiger partial charge is 0.477 e. The highest BCUT2D eigenvalue weighted by atomic mass is 32.2. The van der Waals surface area contributed by atoms with E-state index in [0.717, 1.165) is 19.3 Å². The first-order chi connectivity index (χ1) is 9.31. The zero-order valence-electron chi connectivity index (χ0n) is 12.1. The van der Waals surface area contributed by atoms with Crippen molar-refractivity contribution in [3.8, 4) is 0 Å². The van der Waals surface area contributed by atoms with Gasteiger partial charge in [0, 0.05) is 18.8 Å². The molecule has 114 valence electrons. The Bertz CT molecular complexity index is 563. The monoisotopic (exact) mass is 302 g/mol. The summed E-state index contributed by atoms with van der Waals surface area (Å²) in [4.78, 5) is 11.1. The van der Waals surface area contributed by atoms with Crippen molar-refractivity contribution < 1.29 is 18.3 Å². The topological polar surface area (TPSA) is 88.4 Å². The van der Waals surface area contributed by atoms with Crippen molar-refractivity contribution in [3.05, 3.63) is 18.0 Å². The number of aromatic carboxylic acids is 1. The van der Waals surface area contributed by atoms with Crippen molar-refractivity contribution >= 4 is 16.0 Å². The number of carboxylic acids is 1. The van der Waals surface area contributed by atoms with Gasteiger partial charge in [0.15, 0.2) is 0 Å². The Morgan fingerprint density at radius 2 is 2.05 bits per heavy atom. The summed E-state index contributed by atoms with van der Waals surface area (Å²) in [6.07, 6.45) is 3.73. The molecule has 0 saturated heterocycles. The van der Waals surface area contributed by atoms with Crippen LogP contribution in [0.1, 0.15) is 50.5 Å². The minimum atomic E-state index is -3.67. The van der Waals surface area contributed by atoms with E-state index in [-0.39, 0.29) is 16.6 Å². The third kappa shape index (κ3) is 4.08. The molecule has 0 aliphatic heterocycles. The fraction of sp³-hybridized carbons (Fsp3) is 0.615. The number of carbonyl (C=O) groups is 1. The molecule has 0 aliphatic rings. The third-order valence-corrected chi connectivity index (χ3v) is 4.50. The molecule has 1 unspecified atom stereocenters. The first-order valence-corrected chi connectivity index (χ1v) is 8.26. The number of nitrogens with zero attached hydrogens (tertiary/aromatic N) is 1. The Morgan fingerprint density at radius 3 is 2.55 bits per heavy atom. The van der Waals surface area contributed by atoms with Crippen LogP contribution in [0.15, 0.2) is 17.2 Å². The van der Waals surface area contributed by atoms with Gasteiger partial charge in [-0.25, -0.2) is 17.9 Å². The summed E-state index contributed by atoms with van der Waals surface area (Å²) in [5, 5.41) is 9.10. The van der Waals surface area contributed by atoms with Gasteiger partial charge < -0.3 is 9.67 Å². The highest BCUT2D eigenvalue weighted by molar-refractivity contribution is 7.89. The number of nitrogens with one attached hydrogen (secondary N) is 1. The van der Waals surface area contributed by atoms with E-state index in [0.29, 0.717) is 6.54 Å². The lowest BCUT2D eigenvalue weighted by Crippen LogP contribution is -2.32. The first kappa shape index (κ1) is 16.7. The van der Waals surface area contributed by atoms with Crippen LogP contribution in [0.2, 0.25) is 0 Å². The second kappa shape index (κ2) is 6.90. The van der Waals surface area contributed by atoms with E-state index in [1.165, 1.54) is 16.8 Å². The van der Waals surface area contributed by atoms with Crippen LogP contribution in [0.3, 0.4) is 0 Å². The molecule has 0 aromatic carbocycles. The van der Waals surface area contributed by atoms with Crippen LogP contribution in [0.4, 0.5) is 0 Å². The highest BCUT2D eigenvalue weighted by Gasteiger charge is 2.22. The maximum absolute atomic E-state index is 12.2. The summed E-state index contributed by atoms with van der Waals surface area (Å²) in [5.74, 6) is -1.12. The molecule has 6 nitrogen and oxygen atoms in total.